The Morgan fingerprint density at radius 1 is 1.12 bits per heavy atom. The molecule has 0 spiro atoms. The zero-order chi connectivity index (χ0) is 12.3. The first-order valence-corrected chi connectivity index (χ1v) is 6.92. The summed E-state index contributed by atoms with van der Waals surface area (Å²) in [6.45, 7) is 0.571. The van der Waals surface area contributed by atoms with Gasteiger partial charge in [-0.25, -0.2) is 4.79 Å². The smallest absolute Gasteiger partial charge is 0.404 e. The van der Waals surface area contributed by atoms with Crippen LogP contribution in [0.1, 0.15) is 25.7 Å². The van der Waals surface area contributed by atoms with Crippen LogP contribution in [0.4, 0.5) is 4.79 Å². The van der Waals surface area contributed by atoms with E-state index >= 15 is 0 Å². The van der Waals surface area contributed by atoms with E-state index in [0.717, 1.165) is 18.6 Å². The Morgan fingerprint density at radius 2 is 1.82 bits per heavy atom. The minimum absolute atomic E-state index is 0.571. The summed E-state index contributed by atoms with van der Waals surface area (Å²) in [7, 11) is 0. The van der Waals surface area contributed by atoms with E-state index in [1.807, 2.05) is 17.8 Å². The van der Waals surface area contributed by atoms with Gasteiger partial charge in [0.2, 0.25) is 0 Å². The first kappa shape index (κ1) is 13.9. The van der Waals surface area contributed by atoms with Crippen LogP contribution in [0.25, 0.3) is 0 Å². The molecule has 4 heteroatoms. The third-order valence-electron chi connectivity index (χ3n) is 2.36. The number of thioether (sulfide) groups is 1. The van der Waals surface area contributed by atoms with Gasteiger partial charge in [0.1, 0.15) is 0 Å². The van der Waals surface area contributed by atoms with E-state index in [1.165, 1.54) is 17.7 Å². The molecule has 0 bridgehead atoms. The Hall–Kier alpha value is -1.16. The van der Waals surface area contributed by atoms with Crippen LogP contribution in [-0.2, 0) is 0 Å². The van der Waals surface area contributed by atoms with Gasteiger partial charge < -0.3 is 10.4 Å². The molecule has 0 fully saturated rings. The zero-order valence-electron chi connectivity index (χ0n) is 9.89. The normalized spacial score (nSPS) is 10.1. The number of hydrogen-bond donors (Lipinski definition) is 2. The fraction of sp³-hybridized carbons (Fsp3) is 0.462. The van der Waals surface area contributed by atoms with Crippen molar-refractivity contribution in [2.24, 2.45) is 0 Å². The number of unbranched alkanes of at least 4 members (excludes halogenated alkanes) is 3. The molecule has 3 nitrogen and oxygen atoms in total. The summed E-state index contributed by atoms with van der Waals surface area (Å²) in [4.78, 5) is 11.5. The van der Waals surface area contributed by atoms with Crippen LogP contribution in [-0.4, -0.2) is 23.5 Å². The molecule has 0 saturated heterocycles. The molecule has 1 aromatic carbocycles. The van der Waals surface area contributed by atoms with E-state index in [9.17, 15) is 4.79 Å². The van der Waals surface area contributed by atoms with Gasteiger partial charge in [0.05, 0.1) is 0 Å². The van der Waals surface area contributed by atoms with Crippen LogP contribution in [0.3, 0.4) is 0 Å². The fourth-order valence-electron chi connectivity index (χ4n) is 1.48. The lowest BCUT2D eigenvalue weighted by atomic mass is 10.2. The molecule has 0 unspecified atom stereocenters. The summed E-state index contributed by atoms with van der Waals surface area (Å²) in [5, 5.41) is 10.7. The fourth-order valence-corrected chi connectivity index (χ4v) is 2.42. The first-order valence-electron chi connectivity index (χ1n) is 5.93. The number of hydrogen-bond acceptors (Lipinski definition) is 2. The highest BCUT2D eigenvalue weighted by Gasteiger charge is 1.95. The Morgan fingerprint density at radius 3 is 2.53 bits per heavy atom. The quantitative estimate of drug-likeness (QED) is 0.549. The van der Waals surface area contributed by atoms with Crippen molar-refractivity contribution in [1.29, 1.82) is 0 Å². The van der Waals surface area contributed by atoms with E-state index in [1.54, 1.807) is 0 Å². The van der Waals surface area contributed by atoms with Crippen LogP contribution in [0.2, 0.25) is 0 Å². The van der Waals surface area contributed by atoms with Crippen molar-refractivity contribution in [3.63, 3.8) is 0 Å². The number of carboxylic acid groups (broad SMARTS) is 1. The standard InChI is InChI=1S/C13H19NO2S/c15-13(16)14-10-6-1-2-7-11-17-12-8-4-3-5-9-12/h3-5,8-9,14H,1-2,6-7,10-11H2,(H,15,16). The largest absolute Gasteiger partial charge is 0.465 e. The first-order chi connectivity index (χ1) is 8.29. The molecule has 0 radical (unpaired) electrons. The van der Waals surface area contributed by atoms with Gasteiger partial charge in [-0.3, -0.25) is 0 Å². The van der Waals surface area contributed by atoms with Crippen molar-refractivity contribution in [1.82, 2.24) is 5.32 Å². The van der Waals surface area contributed by atoms with Crippen molar-refractivity contribution >= 4 is 17.9 Å². The second-order valence-corrected chi connectivity index (χ2v) is 4.98. The summed E-state index contributed by atoms with van der Waals surface area (Å²) in [6.07, 6.45) is 3.45. The molecule has 17 heavy (non-hydrogen) atoms. The molecular formula is C13H19NO2S. The van der Waals surface area contributed by atoms with Gasteiger partial charge in [-0.2, -0.15) is 0 Å². The SMILES string of the molecule is O=C(O)NCCCCCCSc1ccccc1. The maximum absolute atomic E-state index is 10.2. The maximum atomic E-state index is 10.2. The summed E-state index contributed by atoms with van der Waals surface area (Å²) in [5.41, 5.74) is 0. The molecule has 0 aliphatic carbocycles. The molecule has 1 amide bonds. The lowest BCUT2D eigenvalue weighted by molar-refractivity contribution is 0.194. The van der Waals surface area contributed by atoms with Crippen molar-refractivity contribution in [3.8, 4) is 0 Å². The average molecular weight is 253 g/mol. The van der Waals surface area contributed by atoms with Gasteiger partial charge in [-0.1, -0.05) is 31.0 Å². The predicted octanol–water partition coefficient (Wildman–Crippen LogP) is 3.61. The van der Waals surface area contributed by atoms with E-state index in [-0.39, 0.29) is 0 Å². The zero-order valence-corrected chi connectivity index (χ0v) is 10.7. The molecular weight excluding hydrogens is 234 g/mol. The summed E-state index contributed by atoms with van der Waals surface area (Å²) < 4.78 is 0. The van der Waals surface area contributed by atoms with E-state index in [0.29, 0.717) is 6.54 Å². The second kappa shape index (κ2) is 8.93. The lowest BCUT2D eigenvalue weighted by Gasteiger charge is -2.02. The lowest BCUT2D eigenvalue weighted by Crippen LogP contribution is -2.21. The molecule has 0 aliphatic heterocycles. The third kappa shape index (κ3) is 7.69. The molecule has 0 aromatic heterocycles. The Labute approximate surface area is 107 Å². The van der Waals surface area contributed by atoms with E-state index < -0.39 is 6.09 Å². The maximum Gasteiger partial charge on any atom is 0.404 e. The third-order valence-corrected chi connectivity index (χ3v) is 3.46. The van der Waals surface area contributed by atoms with Crippen LogP contribution >= 0.6 is 11.8 Å². The van der Waals surface area contributed by atoms with Crippen molar-refractivity contribution in [2.45, 2.75) is 30.6 Å². The van der Waals surface area contributed by atoms with Gasteiger partial charge in [-0.05, 0) is 30.7 Å². The topological polar surface area (TPSA) is 49.3 Å². The summed E-state index contributed by atoms with van der Waals surface area (Å²) >= 11 is 1.88. The molecule has 94 valence electrons. The molecule has 1 aromatic rings. The van der Waals surface area contributed by atoms with Gasteiger partial charge in [0.15, 0.2) is 0 Å². The number of rotatable bonds is 8. The highest BCUT2D eigenvalue weighted by molar-refractivity contribution is 7.99. The number of amides is 1. The van der Waals surface area contributed by atoms with Crippen LogP contribution in [0.15, 0.2) is 35.2 Å². The molecule has 2 N–H and O–H groups in total. The minimum Gasteiger partial charge on any atom is -0.465 e. The van der Waals surface area contributed by atoms with E-state index in [4.69, 9.17) is 5.11 Å². The molecule has 0 heterocycles. The predicted molar refractivity (Wildman–Crippen MR) is 71.7 cm³/mol. The number of carbonyl (C=O) groups is 1. The molecule has 0 atom stereocenters. The molecule has 0 saturated carbocycles. The highest BCUT2D eigenvalue weighted by Crippen LogP contribution is 2.18. The van der Waals surface area contributed by atoms with Gasteiger partial charge >= 0.3 is 6.09 Å². The monoisotopic (exact) mass is 253 g/mol. The average Bonchev–Trinajstić information content (AvgIpc) is 2.33. The number of nitrogens with one attached hydrogen (secondary N) is 1. The van der Waals surface area contributed by atoms with Gasteiger partial charge in [0.25, 0.3) is 0 Å². The van der Waals surface area contributed by atoms with Crippen LogP contribution in [0.5, 0.6) is 0 Å². The van der Waals surface area contributed by atoms with Gasteiger partial charge in [-0.15, -0.1) is 11.8 Å². The summed E-state index contributed by atoms with van der Waals surface area (Å²) in [5.74, 6) is 1.14. The Kier molecular flexibility index (Phi) is 7.30. The molecule has 0 aliphatic rings. The van der Waals surface area contributed by atoms with Crippen molar-refractivity contribution in [3.05, 3.63) is 30.3 Å². The minimum atomic E-state index is -0.926. The number of benzene rings is 1. The Bertz CT molecular complexity index is 316. The van der Waals surface area contributed by atoms with Crippen LogP contribution in [0, 0.1) is 0 Å². The second-order valence-electron chi connectivity index (χ2n) is 3.81. The summed E-state index contributed by atoms with van der Waals surface area (Å²) in [6, 6.07) is 10.4. The van der Waals surface area contributed by atoms with Crippen molar-refractivity contribution < 1.29 is 9.90 Å². The van der Waals surface area contributed by atoms with E-state index in [2.05, 4.69) is 29.6 Å². The molecule has 1 rings (SSSR count). The van der Waals surface area contributed by atoms with Crippen LogP contribution < -0.4 is 5.32 Å². The van der Waals surface area contributed by atoms with Crippen molar-refractivity contribution in [2.75, 3.05) is 12.3 Å². The van der Waals surface area contributed by atoms with Gasteiger partial charge in [0, 0.05) is 11.4 Å². The Balaban J connectivity index is 1.90. The highest BCUT2D eigenvalue weighted by atomic mass is 32.2.